The quantitative estimate of drug-likeness (QED) is 0.862. The molecule has 18 heavy (non-hydrogen) atoms. The van der Waals surface area contributed by atoms with E-state index in [4.69, 9.17) is 4.74 Å². The zero-order chi connectivity index (χ0) is 12.8. The monoisotopic (exact) mass is 265 g/mol. The average Bonchev–Trinajstić information content (AvgIpc) is 2.82. The van der Waals surface area contributed by atoms with Crippen molar-refractivity contribution in [2.24, 2.45) is 0 Å². The summed E-state index contributed by atoms with van der Waals surface area (Å²) in [4.78, 5) is 2.43. The van der Waals surface area contributed by atoms with Gasteiger partial charge in [-0.25, -0.2) is 4.39 Å². The molecule has 0 saturated heterocycles. The second-order valence-corrected chi connectivity index (χ2v) is 5.15. The van der Waals surface area contributed by atoms with E-state index in [1.807, 2.05) is 0 Å². The number of hydrogen-bond acceptors (Lipinski definition) is 3. The Labute approximate surface area is 110 Å². The molecule has 1 aromatic carbocycles. The SMILES string of the molecule is CCNCc1ccc(COc2cccc(F)c2)s1. The average molecular weight is 265 g/mol. The van der Waals surface area contributed by atoms with Gasteiger partial charge in [-0.15, -0.1) is 11.3 Å². The molecule has 0 bridgehead atoms. The number of benzene rings is 1. The van der Waals surface area contributed by atoms with Crippen molar-refractivity contribution in [3.05, 3.63) is 52.0 Å². The van der Waals surface area contributed by atoms with Gasteiger partial charge in [-0.3, -0.25) is 0 Å². The molecule has 0 unspecified atom stereocenters. The molecule has 0 saturated carbocycles. The maximum atomic E-state index is 13.0. The molecule has 0 aliphatic carbocycles. The highest BCUT2D eigenvalue weighted by Crippen LogP contribution is 2.19. The molecule has 4 heteroatoms. The third kappa shape index (κ3) is 3.82. The molecule has 0 aliphatic rings. The van der Waals surface area contributed by atoms with Crippen LogP contribution in [0.5, 0.6) is 5.75 Å². The van der Waals surface area contributed by atoms with Crippen LogP contribution in [-0.4, -0.2) is 6.54 Å². The minimum absolute atomic E-state index is 0.272. The minimum atomic E-state index is -0.272. The van der Waals surface area contributed by atoms with Crippen molar-refractivity contribution in [1.29, 1.82) is 0 Å². The Kier molecular flexibility index (Phi) is 4.73. The summed E-state index contributed by atoms with van der Waals surface area (Å²) in [6.07, 6.45) is 0. The fourth-order valence-corrected chi connectivity index (χ4v) is 2.46. The first-order valence-corrected chi connectivity index (χ1v) is 6.76. The van der Waals surface area contributed by atoms with Crippen molar-refractivity contribution in [3.63, 3.8) is 0 Å². The summed E-state index contributed by atoms with van der Waals surface area (Å²) in [5.41, 5.74) is 0. The molecular weight excluding hydrogens is 249 g/mol. The Morgan fingerprint density at radius 2 is 2.06 bits per heavy atom. The fourth-order valence-electron chi connectivity index (χ4n) is 1.55. The number of thiophene rings is 1. The standard InChI is InChI=1S/C14H16FNOS/c1-2-16-9-13-6-7-14(18-13)10-17-12-5-3-4-11(15)8-12/h3-8,16H,2,9-10H2,1H3. The van der Waals surface area contributed by atoms with Crippen LogP contribution >= 0.6 is 11.3 Å². The lowest BCUT2D eigenvalue weighted by Gasteiger charge is -2.04. The number of nitrogens with one attached hydrogen (secondary N) is 1. The molecule has 0 fully saturated rings. The summed E-state index contributed by atoms with van der Waals surface area (Å²) in [5.74, 6) is 0.295. The highest BCUT2D eigenvalue weighted by atomic mass is 32.1. The van der Waals surface area contributed by atoms with Crippen molar-refractivity contribution >= 4 is 11.3 Å². The molecule has 0 atom stereocenters. The summed E-state index contributed by atoms with van der Waals surface area (Å²) in [5, 5.41) is 3.28. The summed E-state index contributed by atoms with van der Waals surface area (Å²) >= 11 is 1.72. The number of halogens is 1. The Balaban J connectivity index is 1.88. The lowest BCUT2D eigenvalue weighted by Crippen LogP contribution is -2.10. The first kappa shape index (κ1) is 13.1. The first-order valence-electron chi connectivity index (χ1n) is 5.94. The van der Waals surface area contributed by atoms with Crippen LogP contribution in [0.4, 0.5) is 4.39 Å². The van der Waals surface area contributed by atoms with Crippen LogP contribution in [0.3, 0.4) is 0 Å². The van der Waals surface area contributed by atoms with Crippen LogP contribution in [0.15, 0.2) is 36.4 Å². The molecule has 2 aromatic rings. The second-order valence-electron chi connectivity index (χ2n) is 3.89. The van der Waals surface area contributed by atoms with Gasteiger partial charge in [0.1, 0.15) is 18.2 Å². The molecule has 2 rings (SSSR count). The fraction of sp³-hybridized carbons (Fsp3) is 0.286. The maximum Gasteiger partial charge on any atom is 0.126 e. The molecule has 0 amide bonds. The third-order valence-electron chi connectivity index (χ3n) is 2.44. The van der Waals surface area contributed by atoms with E-state index < -0.39 is 0 Å². The zero-order valence-corrected chi connectivity index (χ0v) is 11.1. The van der Waals surface area contributed by atoms with Gasteiger partial charge in [-0.1, -0.05) is 13.0 Å². The van der Waals surface area contributed by atoms with Crippen molar-refractivity contribution in [3.8, 4) is 5.75 Å². The van der Waals surface area contributed by atoms with E-state index in [-0.39, 0.29) is 5.82 Å². The van der Waals surface area contributed by atoms with E-state index >= 15 is 0 Å². The molecule has 96 valence electrons. The largest absolute Gasteiger partial charge is 0.488 e. The summed E-state index contributed by atoms with van der Waals surface area (Å²) in [6.45, 7) is 4.43. The Morgan fingerprint density at radius 3 is 2.83 bits per heavy atom. The molecular formula is C14H16FNOS. The van der Waals surface area contributed by atoms with Gasteiger partial charge in [0.2, 0.25) is 0 Å². The van der Waals surface area contributed by atoms with Crippen molar-refractivity contribution in [2.75, 3.05) is 6.54 Å². The van der Waals surface area contributed by atoms with Gasteiger partial charge in [-0.2, -0.15) is 0 Å². The van der Waals surface area contributed by atoms with Gasteiger partial charge in [-0.05, 0) is 30.8 Å². The second kappa shape index (κ2) is 6.52. The van der Waals surface area contributed by atoms with Crippen LogP contribution in [0.2, 0.25) is 0 Å². The highest BCUT2D eigenvalue weighted by molar-refractivity contribution is 7.11. The summed E-state index contributed by atoms with van der Waals surface area (Å²) in [6, 6.07) is 10.4. The molecule has 0 aliphatic heterocycles. The topological polar surface area (TPSA) is 21.3 Å². The van der Waals surface area contributed by atoms with Gasteiger partial charge in [0.05, 0.1) is 0 Å². The Bertz CT molecular complexity index is 498. The molecule has 0 radical (unpaired) electrons. The van der Waals surface area contributed by atoms with E-state index in [1.54, 1.807) is 23.5 Å². The zero-order valence-electron chi connectivity index (χ0n) is 10.3. The van der Waals surface area contributed by atoms with Gasteiger partial charge in [0, 0.05) is 22.4 Å². The van der Waals surface area contributed by atoms with Gasteiger partial charge < -0.3 is 10.1 Å². The van der Waals surface area contributed by atoms with Crippen LogP contribution in [-0.2, 0) is 13.2 Å². The van der Waals surface area contributed by atoms with Crippen molar-refractivity contribution in [2.45, 2.75) is 20.1 Å². The van der Waals surface area contributed by atoms with Crippen molar-refractivity contribution < 1.29 is 9.13 Å². The van der Waals surface area contributed by atoms with E-state index in [2.05, 4.69) is 24.4 Å². The molecule has 1 heterocycles. The third-order valence-corrected chi connectivity index (χ3v) is 3.50. The Morgan fingerprint density at radius 1 is 1.22 bits per heavy atom. The molecule has 2 nitrogen and oxygen atoms in total. The molecule has 0 spiro atoms. The van der Waals surface area contributed by atoms with E-state index in [9.17, 15) is 4.39 Å². The predicted molar refractivity (Wildman–Crippen MR) is 72.4 cm³/mol. The van der Waals surface area contributed by atoms with Crippen LogP contribution < -0.4 is 10.1 Å². The smallest absolute Gasteiger partial charge is 0.126 e. The Hall–Kier alpha value is -1.39. The van der Waals surface area contributed by atoms with E-state index in [0.717, 1.165) is 18.0 Å². The summed E-state index contributed by atoms with van der Waals surface area (Å²) in [7, 11) is 0. The van der Waals surface area contributed by atoms with Crippen LogP contribution in [0.1, 0.15) is 16.7 Å². The van der Waals surface area contributed by atoms with Gasteiger partial charge >= 0.3 is 0 Å². The number of hydrogen-bond donors (Lipinski definition) is 1. The normalized spacial score (nSPS) is 10.6. The number of ether oxygens (including phenoxy) is 1. The van der Waals surface area contributed by atoms with Crippen LogP contribution in [0.25, 0.3) is 0 Å². The van der Waals surface area contributed by atoms with E-state index in [0.29, 0.717) is 12.4 Å². The van der Waals surface area contributed by atoms with Gasteiger partial charge in [0.15, 0.2) is 0 Å². The van der Waals surface area contributed by atoms with E-state index in [1.165, 1.54) is 17.0 Å². The minimum Gasteiger partial charge on any atom is -0.488 e. The highest BCUT2D eigenvalue weighted by Gasteiger charge is 2.01. The molecule has 1 aromatic heterocycles. The van der Waals surface area contributed by atoms with Gasteiger partial charge in [0.25, 0.3) is 0 Å². The van der Waals surface area contributed by atoms with Crippen LogP contribution in [0, 0.1) is 5.82 Å². The molecule has 1 N–H and O–H groups in total. The summed E-state index contributed by atoms with van der Waals surface area (Å²) < 4.78 is 18.5. The van der Waals surface area contributed by atoms with Crippen molar-refractivity contribution in [1.82, 2.24) is 5.32 Å². The lowest BCUT2D eigenvalue weighted by molar-refractivity contribution is 0.308. The maximum absolute atomic E-state index is 13.0. The predicted octanol–water partition coefficient (Wildman–Crippen LogP) is 3.58. The number of rotatable bonds is 6. The lowest BCUT2D eigenvalue weighted by atomic mass is 10.3. The first-order chi connectivity index (χ1) is 8.78.